The van der Waals surface area contributed by atoms with Gasteiger partial charge in [-0.1, -0.05) is 45.9 Å². The first-order chi connectivity index (χ1) is 10.6. The molecule has 4 nitrogen and oxygen atoms in total. The SMILES string of the molecule is Cc1ccc(-c2nnsc2C(=O)Nc2ccc(Cl)cc2)cc1. The van der Waals surface area contributed by atoms with Crippen LogP contribution in [-0.4, -0.2) is 15.5 Å². The van der Waals surface area contributed by atoms with E-state index in [0.29, 0.717) is 21.3 Å². The predicted octanol–water partition coefficient (Wildman–Crippen LogP) is 4.42. The van der Waals surface area contributed by atoms with Gasteiger partial charge in [0.05, 0.1) is 0 Å². The van der Waals surface area contributed by atoms with Gasteiger partial charge in [-0.05, 0) is 42.7 Å². The molecule has 0 aliphatic carbocycles. The summed E-state index contributed by atoms with van der Waals surface area (Å²) in [7, 11) is 0. The van der Waals surface area contributed by atoms with Crippen molar-refractivity contribution in [2.24, 2.45) is 0 Å². The minimum absolute atomic E-state index is 0.229. The molecule has 0 atom stereocenters. The summed E-state index contributed by atoms with van der Waals surface area (Å²) in [4.78, 5) is 12.9. The Bertz CT molecular complexity index is 797. The lowest BCUT2D eigenvalue weighted by Crippen LogP contribution is -2.11. The highest BCUT2D eigenvalue weighted by molar-refractivity contribution is 7.08. The van der Waals surface area contributed by atoms with Crippen molar-refractivity contribution in [3.8, 4) is 11.3 Å². The van der Waals surface area contributed by atoms with Gasteiger partial charge >= 0.3 is 0 Å². The number of carbonyl (C=O) groups is 1. The standard InChI is InChI=1S/C16H12ClN3OS/c1-10-2-4-11(5-3-10)14-15(22-20-19-14)16(21)18-13-8-6-12(17)7-9-13/h2-9H,1H3,(H,18,21). The quantitative estimate of drug-likeness (QED) is 0.774. The Labute approximate surface area is 136 Å². The van der Waals surface area contributed by atoms with Crippen molar-refractivity contribution < 1.29 is 4.79 Å². The van der Waals surface area contributed by atoms with Gasteiger partial charge in [-0.3, -0.25) is 4.79 Å². The molecule has 0 bridgehead atoms. The van der Waals surface area contributed by atoms with Crippen molar-refractivity contribution in [3.63, 3.8) is 0 Å². The second kappa shape index (κ2) is 6.25. The molecule has 6 heteroatoms. The van der Waals surface area contributed by atoms with Crippen LogP contribution in [0.15, 0.2) is 48.5 Å². The van der Waals surface area contributed by atoms with E-state index in [-0.39, 0.29) is 5.91 Å². The largest absolute Gasteiger partial charge is 0.321 e. The molecule has 0 aliphatic rings. The van der Waals surface area contributed by atoms with E-state index in [0.717, 1.165) is 22.7 Å². The first kappa shape index (κ1) is 14.7. The molecule has 3 aromatic rings. The molecule has 22 heavy (non-hydrogen) atoms. The molecule has 3 rings (SSSR count). The van der Waals surface area contributed by atoms with Gasteiger partial charge in [0.15, 0.2) is 0 Å². The van der Waals surface area contributed by atoms with E-state index >= 15 is 0 Å². The molecule has 0 saturated heterocycles. The Morgan fingerprint density at radius 2 is 1.77 bits per heavy atom. The highest BCUT2D eigenvalue weighted by Gasteiger charge is 2.17. The van der Waals surface area contributed by atoms with E-state index < -0.39 is 0 Å². The van der Waals surface area contributed by atoms with Crippen molar-refractivity contribution in [1.29, 1.82) is 0 Å². The molecule has 2 aromatic carbocycles. The minimum Gasteiger partial charge on any atom is -0.321 e. The van der Waals surface area contributed by atoms with Crippen LogP contribution < -0.4 is 5.32 Å². The molecule has 0 fully saturated rings. The number of carbonyl (C=O) groups excluding carboxylic acids is 1. The van der Waals surface area contributed by atoms with Crippen LogP contribution in [0.25, 0.3) is 11.3 Å². The fourth-order valence-electron chi connectivity index (χ4n) is 1.96. The molecule has 0 saturated carbocycles. The van der Waals surface area contributed by atoms with Gasteiger partial charge in [-0.15, -0.1) is 5.10 Å². The highest BCUT2D eigenvalue weighted by Crippen LogP contribution is 2.25. The van der Waals surface area contributed by atoms with E-state index in [9.17, 15) is 4.79 Å². The Kier molecular flexibility index (Phi) is 4.18. The first-order valence-corrected chi connectivity index (χ1v) is 7.75. The number of amides is 1. The van der Waals surface area contributed by atoms with Crippen LogP contribution in [0.3, 0.4) is 0 Å². The van der Waals surface area contributed by atoms with Crippen LogP contribution in [-0.2, 0) is 0 Å². The Morgan fingerprint density at radius 1 is 1.09 bits per heavy atom. The van der Waals surface area contributed by atoms with E-state index in [4.69, 9.17) is 11.6 Å². The van der Waals surface area contributed by atoms with Crippen LogP contribution in [0.1, 0.15) is 15.2 Å². The number of halogens is 1. The smallest absolute Gasteiger partial charge is 0.269 e. The third-order valence-electron chi connectivity index (χ3n) is 3.12. The number of hydrogen-bond donors (Lipinski definition) is 1. The number of rotatable bonds is 3. The Hall–Kier alpha value is -2.24. The Morgan fingerprint density at radius 3 is 2.45 bits per heavy atom. The topological polar surface area (TPSA) is 54.9 Å². The van der Waals surface area contributed by atoms with Crippen LogP contribution in [0.2, 0.25) is 5.02 Å². The number of nitrogens with one attached hydrogen (secondary N) is 1. The maximum Gasteiger partial charge on any atom is 0.269 e. The summed E-state index contributed by atoms with van der Waals surface area (Å²) in [6, 6.07) is 14.8. The summed E-state index contributed by atoms with van der Waals surface area (Å²) < 4.78 is 3.91. The van der Waals surface area contributed by atoms with Crippen molar-refractivity contribution >= 4 is 34.7 Å². The molecular weight excluding hydrogens is 318 g/mol. The van der Waals surface area contributed by atoms with Gasteiger partial charge in [0.1, 0.15) is 10.6 Å². The van der Waals surface area contributed by atoms with Crippen LogP contribution in [0, 0.1) is 6.92 Å². The fraction of sp³-hybridized carbons (Fsp3) is 0.0625. The lowest BCUT2D eigenvalue weighted by molar-refractivity contribution is 0.103. The van der Waals surface area contributed by atoms with Gasteiger partial charge in [-0.25, -0.2) is 0 Å². The normalized spacial score (nSPS) is 10.5. The number of aryl methyl sites for hydroxylation is 1. The molecule has 1 aromatic heterocycles. The lowest BCUT2D eigenvalue weighted by atomic mass is 10.1. The van der Waals surface area contributed by atoms with Crippen molar-refractivity contribution in [2.45, 2.75) is 6.92 Å². The zero-order chi connectivity index (χ0) is 15.5. The van der Waals surface area contributed by atoms with E-state index in [1.165, 1.54) is 0 Å². The highest BCUT2D eigenvalue weighted by atomic mass is 35.5. The maximum atomic E-state index is 12.4. The molecule has 0 radical (unpaired) electrons. The zero-order valence-electron chi connectivity index (χ0n) is 11.7. The summed E-state index contributed by atoms with van der Waals surface area (Å²) in [5, 5.41) is 7.53. The second-order valence-electron chi connectivity index (χ2n) is 4.78. The molecule has 1 amide bonds. The molecule has 0 aliphatic heterocycles. The average molecular weight is 330 g/mol. The van der Waals surface area contributed by atoms with E-state index in [1.807, 2.05) is 31.2 Å². The minimum atomic E-state index is -0.229. The van der Waals surface area contributed by atoms with E-state index in [1.54, 1.807) is 24.3 Å². The summed E-state index contributed by atoms with van der Waals surface area (Å²) in [6.07, 6.45) is 0. The Balaban J connectivity index is 1.86. The maximum absolute atomic E-state index is 12.4. The zero-order valence-corrected chi connectivity index (χ0v) is 13.3. The third-order valence-corrected chi connectivity index (χ3v) is 4.10. The average Bonchev–Trinajstić information content (AvgIpc) is 3.00. The second-order valence-corrected chi connectivity index (χ2v) is 5.97. The molecule has 1 heterocycles. The summed E-state index contributed by atoms with van der Waals surface area (Å²) >= 11 is 6.92. The monoisotopic (exact) mass is 329 g/mol. The number of benzene rings is 2. The van der Waals surface area contributed by atoms with Gasteiger partial charge < -0.3 is 5.32 Å². The molecule has 0 unspecified atom stereocenters. The molecule has 110 valence electrons. The van der Waals surface area contributed by atoms with Crippen molar-refractivity contribution in [2.75, 3.05) is 5.32 Å². The predicted molar refractivity (Wildman–Crippen MR) is 89.5 cm³/mol. The number of anilines is 1. The molecule has 1 N–H and O–H groups in total. The fourth-order valence-corrected chi connectivity index (χ4v) is 2.67. The third kappa shape index (κ3) is 3.16. The molecule has 0 spiro atoms. The van der Waals surface area contributed by atoms with Crippen molar-refractivity contribution in [1.82, 2.24) is 9.59 Å². The van der Waals surface area contributed by atoms with Gasteiger partial charge in [0, 0.05) is 16.3 Å². The first-order valence-electron chi connectivity index (χ1n) is 6.60. The molecular formula is C16H12ClN3OS. The van der Waals surface area contributed by atoms with Crippen LogP contribution in [0.4, 0.5) is 5.69 Å². The summed E-state index contributed by atoms with van der Waals surface area (Å²) in [5.74, 6) is -0.229. The lowest BCUT2D eigenvalue weighted by Gasteiger charge is -2.05. The van der Waals surface area contributed by atoms with Crippen LogP contribution >= 0.6 is 23.1 Å². The van der Waals surface area contributed by atoms with E-state index in [2.05, 4.69) is 14.9 Å². The van der Waals surface area contributed by atoms with Gasteiger partial charge in [-0.2, -0.15) is 0 Å². The number of nitrogens with zero attached hydrogens (tertiary/aromatic N) is 2. The number of hydrogen-bond acceptors (Lipinski definition) is 4. The number of aromatic nitrogens is 2. The van der Waals surface area contributed by atoms with Crippen LogP contribution in [0.5, 0.6) is 0 Å². The summed E-state index contributed by atoms with van der Waals surface area (Å²) in [6.45, 7) is 2.01. The van der Waals surface area contributed by atoms with Crippen molar-refractivity contribution in [3.05, 3.63) is 64.0 Å². The van der Waals surface area contributed by atoms with Gasteiger partial charge in [0.25, 0.3) is 5.91 Å². The van der Waals surface area contributed by atoms with Gasteiger partial charge in [0.2, 0.25) is 0 Å². The summed E-state index contributed by atoms with van der Waals surface area (Å²) in [5.41, 5.74) is 3.30.